The summed E-state index contributed by atoms with van der Waals surface area (Å²) < 4.78 is 0. The molecule has 0 amide bonds. The van der Waals surface area contributed by atoms with Gasteiger partial charge in [-0.2, -0.15) is 146 Å². The Hall–Kier alpha value is -1.37. The zero-order valence-corrected chi connectivity index (χ0v) is 31.1. The van der Waals surface area contributed by atoms with Crippen molar-refractivity contribution in [1.29, 1.82) is 0 Å². The quantitative estimate of drug-likeness (QED) is 0.159. The third-order valence-electron chi connectivity index (χ3n) is 5.12. The molecule has 0 fully saturated rings. The molecule has 0 aromatic heterocycles. The molecule has 0 atom stereocenters. The normalized spacial score (nSPS) is 8.70. The predicted octanol–water partition coefficient (Wildman–Crippen LogP) is 9.30. The van der Waals surface area contributed by atoms with E-state index in [1.165, 1.54) is 0 Å². The van der Waals surface area contributed by atoms with E-state index in [1.54, 1.807) is 0 Å². The van der Waals surface area contributed by atoms with Gasteiger partial charge in [0.25, 0.3) is 0 Å². The van der Waals surface area contributed by atoms with Gasteiger partial charge in [-0.25, -0.2) is 33.4 Å². The van der Waals surface area contributed by atoms with E-state index in [1.807, 2.05) is 146 Å². The average Bonchev–Trinajstić information content (AvgIpc) is 3.01. The van der Waals surface area contributed by atoms with E-state index in [-0.39, 0.29) is 106 Å². The molecule has 0 nitrogen and oxygen atoms in total. The van der Waals surface area contributed by atoms with E-state index < -0.39 is 0 Å². The van der Waals surface area contributed by atoms with Crippen LogP contribution in [-0.2, 0) is 98.1 Å². The summed E-state index contributed by atoms with van der Waals surface area (Å²) in [7, 11) is 0. The summed E-state index contributed by atoms with van der Waals surface area (Å²) in [6.45, 7) is 0. The topological polar surface area (TPSA) is 0 Å². The van der Waals surface area contributed by atoms with Crippen molar-refractivity contribution >= 4 is 0 Å². The largest absolute Gasteiger partial charge is 3.00 e. The van der Waals surface area contributed by atoms with Gasteiger partial charge >= 0.3 is 32.7 Å². The van der Waals surface area contributed by atoms with Crippen molar-refractivity contribution in [3.63, 3.8) is 0 Å². The number of hydrogen-bond donors (Lipinski definition) is 0. The second-order valence-corrected chi connectivity index (χ2v) is 7.66. The summed E-state index contributed by atoms with van der Waals surface area (Å²) in [6.07, 6.45) is 0. The zero-order valence-electron chi connectivity index (χ0n) is 22.6. The zero-order chi connectivity index (χ0) is 24.7. The molecule has 6 aromatic rings. The summed E-state index contributed by atoms with van der Waals surface area (Å²) >= 11 is 0. The first kappa shape index (κ1) is 38.6. The molecule has 0 spiro atoms. The van der Waals surface area contributed by atoms with Crippen LogP contribution < -0.4 is 0 Å². The molecule has 0 bridgehead atoms. The first-order valence-electron chi connectivity index (χ1n) is 11.7. The van der Waals surface area contributed by atoms with Gasteiger partial charge in [0.1, 0.15) is 0 Å². The molecule has 2 radical (unpaired) electrons. The fraction of sp³-hybridized carbons (Fsp3) is 0. The van der Waals surface area contributed by atoms with Crippen molar-refractivity contribution in [2.45, 2.75) is 0 Å². The summed E-state index contributed by atoms with van der Waals surface area (Å²) in [6, 6.07) is 66.4. The van der Waals surface area contributed by atoms with Crippen molar-refractivity contribution < 1.29 is 98.1 Å². The number of hydrogen-bond acceptors (Lipinski definition) is 0. The summed E-state index contributed by atoms with van der Waals surface area (Å²) in [5.74, 6) is 0. The molecule has 0 aliphatic carbocycles. The first-order valence-corrected chi connectivity index (χ1v) is 11.7. The minimum Gasteiger partial charge on any atom is -0.358 e. The predicted molar refractivity (Wildman–Crippen MR) is 155 cm³/mol. The SMILES string of the molecule is [CH3-].[Y+3].[Y].[Y].[c-]1ccccc1-c1[c-]cccc1.[c-]1ccccc1-c1[c-]cccc1.[c-]1ccccc1-c1[c-]cccc1. The number of benzene rings is 6. The average molecular weight is 738 g/mol. The number of rotatable bonds is 3. The molecule has 0 heterocycles. The van der Waals surface area contributed by atoms with Gasteiger partial charge in [-0.05, 0) is 0 Å². The van der Waals surface area contributed by atoms with Gasteiger partial charge in [-0.3, -0.25) is 0 Å². The third-order valence-corrected chi connectivity index (χ3v) is 5.12. The second-order valence-electron chi connectivity index (χ2n) is 7.66. The minimum atomic E-state index is 0. The monoisotopic (exact) mass is 738 g/mol. The van der Waals surface area contributed by atoms with E-state index in [9.17, 15) is 0 Å². The molecule has 6 rings (SSSR count). The molecule has 0 aliphatic rings. The molecule has 188 valence electrons. The molecular weight excluding hydrogens is 711 g/mol. The Labute approximate surface area is 316 Å². The van der Waals surface area contributed by atoms with Crippen molar-refractivity contribution in [2.75, 3.05) is 0 Å². The molecule has 40 heavy (non-hydrogen) atoms. The van der Waals surface area contributed by atoms with Crippen molar-refractivity contribution in [3.05, 3.63) is 189 Å². The van der Waals surface area contributed by atoms with Crippen LogP contribution in [0.4, 0.5) is 0 Å². The van der Waals surface area contributed by atoms with Gasteiger partial charge in [-0.1, -0.05) is 0 Å². The van der Waals surface area contributed by atoms with Gasteiger partial charge in [0.05, 0.1) is 0 Å². The van der Waals surface area contributed by atoms with Crippen molar-refractivity contribution in [2.24, 2.45) is 0 Å². The van der Waals surface area contributed by atoms with Gasteiger partial charge in [0.15, 0.2) is 0 Å². The maximum atomic E-state index is 3.15. The van der Waals surface area contributed by atoms with Crippen LogP contribution in [0.25, 0.3) is 33.4 Å². The molecule has 6 aromatic carbocycles. The molecule has 3 heteroatoms. The van der Waals surface area contributed by atoms with E-state index in [0.29, 0.717) is 0 Å². The van der Waals surface area contributed by atoms with Crippen LogP contribution in [0.15, 0.2) is 146 Å². The Morgan fingerprint density at radius 1 is 0.275 bits per heavy atom. The van der Waals surface area contributed by atoms with Gasteiger partial charge < -0.3 is 7.43 Å². The van der Waals surface area contributed by atoms with Crippen LogP contribution in [0, 0.1) is 43.8 Å². The Morgan fingerprint density at radius 3 is 0.525 bits per heavy atom. The van der Waals surface area contributed by atoms with Crippen LogP contribution in [-0.4, -0.2) is 0 Å². The molecule has 0 unspecified atom stereocenters. The van der Waals surface area contributed by atoms with Gasteiger partial charge in [0.2, 0.25) is 0 Å². The van der Waals surface area contributed by atoms with Gasteiger partial charge in [0, 0.05) is 65.4 Å². The molecular formula is C37H27Y3-4. The Balaban J connectivity index is 0.000000543. The third kappa shape index (κ3) is 13.5. The Bertz CT molecular complexity index is 1090. The van der Waals surface area contributed by atoms with Crippen LogP contribution in [0.5, 0.6) is 0 Å². The van der Waals surface area contributed by atoms with E-state index in [0.717, 1.165) is 33.4 Å². The summed E-state index contributed by atoms with van der Waals surface area (Å²) in [5, 5.41) is 0. The summed E-state index contributed by atoms with van der Waals surface area (Å²) in [4.78, 5) is 0. The molecule has 0 aliphatic heterocycles. The van der Waals surface area contributed by atoms with E-state index in [4.69, 9.17) is 0 Å². The standard InChI is InChI=1S/3C12H8.CH3.3Y/c3*1-3-7-11(8-4-1)12-9-5-2-6-10-12;;;;/h3*1-7,9H;1H3;;;/q3*-2;-1;;;+3. The molecule has 0 saturated carbocycles. The fourth-order valence-electron chi connectivity index (χ4n) is 3.37. The Morgan fingerprint density at radius 2 is 0.425 bits per heavy atom. The van der Waals surface area contributed by atoms with Gasteiger partial charge in [-0.15, -0.1) is 36.4 Å². The Kier molecular flexibility index (Phi) is 22.4. The van der Waals surface area contributed by atoms with Crippen LogP contribution in [0.2, 0.25) is 0 Å². The van der Waals surface area contributed by atoms with Crippen LogP contribution in [0.1, 0.15) is 0 Å². The van der Waals surface area contributed by atoms with Crippen LogP contribution >= 0.6 is 0 Å². The molecule has 0 saturated heterocycles. The van der Waals surface area contributed by atoms with Crippen LogP contribution in [0.3, 0.4) is 0 Å². The smallest absolute Gasteiger partial charge is 0.358 e. The fourth-order valence-corrected chi connectivity index (χ4v) is 3.37. The maximum absolute atomic E-state index is 3.15. The summed E-state index contributed by atoms with van der Waals surface area (Å²) in [5.41, 5.74) is 6.57. The first-order chi connectivity index (χ1) is 17.9. The van der Waals surface area contributed by atoms with E-state index in [2.05, 4.69) is 36.4 Å². The minimum absolute atomic E-state index is 0. The van der Waals surface area contributed by atoms with Crippen molar-refractivity contribution in [3.8, 4) is 33.4 Å². The van der Waals surface area contributed by atoms with Crippen molar-refractivity contribution in [1.82, 2.24) is 0 Å². The van der Waals surface area contributed by atoms with E-state index >= 15 is 0 Å². The second kappa shape index (κ2) is 23.2. The molecule has 0 N–H and O–H groups in total. The maximum Gasteiger partial charge on any atom is 3.00 e.